The average Bonchev–Trinajstić information content (AvgIpc) is 2.86. The number of nitrogens with zero attached hydrogens (tertiary/aromatic N) is 1. The van der Waals surface area contributed by atoms with Crippen molar-refractivity contribution < 1.29 is 34.8 Å². The van der Waals surface area contributed by atoms with E-state index in [1.807, 2.05) is 30.3 Å². The minimum atomic E-state index is -2.67. The lowest BCUT2D eigenvalue weighted by atomic mass is 9.58. The number of ketones is 2. The maximum Gasteiger partial charge on any atom is 0.255 e. The summed E-state index contributed by atoms with van der Waals surface area (Å²) in [6.07, 6.45) is 0.233. The Morgan fingerprint density at radius 2 is 1.79 bits per heavy atom. The summed E-state index contributed by atoms with van der Waals surface area (Å²) in [6, 6.07) is 9.99. The van der Waals surface area contributed by atoms with E-state index in [0.717, 1.165) is 5.56 Å². The molecular formula is C28H29N3O7. The van der Waals surface area contributed by atoms with Crippen LogP contribution >= 0.6 is 0 Å². The molecule has 38 heavy (non-hydrogen) atoms. The zero-order chi connectivity index (χ0) is 27.7. The van der Waals surface area contributed by atoms with Gasteiger partial charge in [-0.15, -0.1) is 0 Å². The second-order valence-corrected chi connectivity index (χ2v) is 10.3. The molecule has 5 rings (SSSR count). The first-order valence-corrected chi connectivity index (χ1v) is 12.2. The van der Waals surface area contributed by atoms with E-state index in [1.165, 1.54) is 4.90 Å². The van der Waals surface area contributed by atoms with Gasteiger partial charge in [-0.1, -0.05) is 30.3 Å². The van der Waals surface area contributed by atoms with Crippen molar-refractivity contribution >= 4 is 17.5 Å². The van der Waals surface area contributed by atoms with Gasteiger partial charge in [0.05, 0.1) is 11.6 Å². The number of Topliss-reactive ketones (excluding diaryl/α,β-unsaturated/α-hetero) is 2. The van der Waals surface area contributed by atoms with E-state index in [9.17, 15) is 34.8 Å². The maximum absolute atomic E-state index is 13.9. The molecule has 8 N–H and O–H groups in total. The lowest BCUT2D eigenvalue weighted by molar-refractivity contribution is -0.148. The van der Waals surface area contributed by atoms with Gasteiger partial charge in [-0.25, -0.2) is 0 Å². The summed E-state index contributed by atoms with van der Waals surface area (Å²) in [4.78, 5) is 41.0. The number of fused-ring (bicyclic) bond motifs is 3. The Balaban J connectivity index is 1.76. The smallest absolute Gasteiger partial charge is 0.255 e. The molecule has 2 aromatic carbocycles. The molecule has 3 aliphatic carbocycles. The van der Waals surface area contributed by atoms with Crippen LogP contribution in [0.4, 0.5) is 0 Å². The summed E-state index contributed by atoms with van der Waals surface area (Å²) in [6.45, 7) is -0.0538. The summed E-state index contributed by atoms with van der Waals surface area (Å²) in [5.74, 6) is -6.80. The molecule has 0 radical (unpaired) electrons. The van der Waals surface area contributed by atoms with Crippen LogP contribution in [0.3, 0.4) is 0 Å². The zero-order valence-corrected chi connectivity index (χ0v) is 20.9. The van der Waals surface area contributed by atoms with Crippen LogP contribution in [0.15, 0.2) is 59.1 Å². The van der Waals surface area contributed by atoms with Crippen LogP contribution in [-0.2, 0) is 22.6 Å². The Morgan fingerprint density at radius 1 is 1.13 bits per heavy atom. The number of hydrogen-bond donors (Lipinski definition) is 6. The monoisotopic (exact) mass is 519 g/mol. The Bertz CT molecular complexity index is 1460. The van der Waals surface area contributed by atoms with E-state index < -0.39 is 58.0 Å². The third kappa shape index (κ3) is 3.34. The molecule has 0 unspecified atom stereocenters. The molecule has 0 aliphatic heterocycles. The van der Waals surface area contributed by atoms with E-state index in [2.05, 4.69) is 0 Å². The number of aromatic hydroxyl groups is 1. The van der Waals surface area contributed by atoms with Gasteiger partial charge < -0.3 is 31.9 Å². The number of amides is 1. The second-order valence-electron chi connectivity index (χ2n) is 10.3. The van der Waals surface area contributed by atoms with Crippen molar-refractivity contribution in [1.82, 2.24) is 4.90 Å². The van der Waals surface area contributed by atoms with E-state index in [0.29, 0.717) is 16.7 Å². The van der Waals surface area contributed by atoms with E-state index in [1.54, 1.807) is 20.2 Å². The van der Waals surface area contributed by atoms with Crippen LogP contribution in [0.2, 0.25) is 0 Å². The fourth-order valence-electron chi connectivity index (χ4n) is 6.41. The first kappa shape index (κ1) is 25.7. The number of primary amides is 1. The Labute approximate surface area is 218 Å². The second kappa shape index (κ2) is 8.80. The predicted molar refractivity (Wildman–Crippen MR) is 137 cm³/mol. The summed E-state index contributed by atoms with van der Waals surface area (Å²) in [7, 11) is 3.18. The number of benzene rings is 2. The number of carbonyl (C=O) groups is 3. The third-order valence-corrected chi connectivity index (χ3v) is 8.11. The van der Waals surface area contributed by atoms with E-state index in [4.69, 9.17) is 11.5 Å². The highest BCUT2D eigenvalue weighted by Gasteiger charge is 2.63. The van der Waals surface area contributed by atoms with Crippen molar-refractivity contribution in [3.05, 3.63) is 75.8 Å². The lowest BCUT2D eigenvalue weighted by Gasteiger charge is -2.50. The van der Waals surface area contributed by atoms with Gasteiger partial charge in [0, 0.05) is 23.6 Å². The van der Waals surface area contributed by atoms with E-state index >= 15 is 0 Å². The SMILES string of the molecule is CN(C)[C@H]1C(O)=C(C(N)=O)C(=O)[C@]2(O)C(O)=C3C(=O)c4c(O)c(CN)cc(-c5ccccc5)c4C[C@@H]3C[C@H]12. The highest BCUT2D eigenvalue weighted by molar-refractivity contribution is 6.25. The first-order valence-electron chi connectivity index (χ1n) is 12.2. The lowest BCUT2D eigenvalue weighted by Crippen LogP contribution is -2.63. The first-order chi connectivity index (χ1) is 17.9. The largest absolute Gasteiger partial charge is 0.510 e. The number of hydrogen-bond acceptors (Lipinski definition) is 9. The molecule has 0 fully saturated rings. The van der Waals surface area contributed by atoms with Crippen molar-refractivity contribution in [2.45, 2.75) is 31.0 Å². The predicted octanol–water partition coefficient (Wildman–Crippen LogP) is 1.25. The number of likely N-dealkylation sites (N-methyl/N-ethyl adjacent to an activating group) is 1. The fraction of sp³-hybridized carbons (Fsp3) is 0.321. The molecule has 0 heterocycles. The highest BCUT2D eigenvalue weighted by Crippen LogP contribution is 2.53. The van der Waals surface area contributed by atoms with Gasteiger partial charge >= 0.3 is 0 Å². The topological polar surface area (TPSA) is 187 Å². The van der Waals surface area contributed by atoms with Crippen molar-refractivity contribution in [2.24, 2.45) is 23.3 Å². The molecule has 10 nitrogen and oxygen atoms in total. The molecule has 0 saturated carbocycles. The van der Waals surface area contributed by atoms with Crippen LogP contribution in [0, 0.1) is 11.8 Å². The maximum atomic E-state index is 13.9. The normalized spacial score (nSPS) is 26.8. The average molecular weight is 520 g/mol. The number of phenols is 1. The van der Waals surface area contributed by atoms with Gasteiger partial charge in [0.15, 0.2) is 11.4 Å². The van der Waals surface area contributed by atoms with Gasteiger partial charge in [-0.3, -0.25) is 19.3 Å². The number of carbonyl (C=O) groups excluding carboxylic acids is 3. The van der Waals surface area contributed by atoms with Gasteiger partial charge in [-0.2, -0.15) is 0 Å². The molecule has 198 valence electrons. The molecule has 4 atom stereocenters. The fourth-order valence-corrected chi connectivity index (χ4v) is 6.41. The molecule has 0 saturated heterocycles. The van der Waals surface area contributed by atoms with Crippen molar-refractivity contribution in [1.29, 1.82) is 0 Å². The molecule has 1 amide bonds. The van der Waals surface area contributed by atoms with Crippen molar-refractivity contribution in [2.75, 3.05) is 14.1 Å². The third-order valence-electron chi connectivity index (χ3n) is 8.11. The van der Waals surface area contributed by atoms with Gasteiger partial charge in [-0.05, 0) is 55.6 Å². The standard InChI is InChI=1S/C28H29N3O7/c1-31(2)21-17-10-13-8-16-15(12-6-4-3-5-7-12)9-14(11-29)22(32)19(16)23(33)18(13)25(35)28(17,38)26(36)20(24(21)34)27(30)37/h3-7,9,13,17,21,32,34-35,38H,8,10-11,29H2,1-2H3,(H2,30,37)/t13-,17-,21-,28-/m1/s1. The highest BCUT2D eigenvalue weighted by atomic mass is 16.3. The van der Waals surface area contributed by atoms with Crippen molar-refractivity contribution in [3.63, 3.8) is 0 Å². The van der Waals surface area contributed by atoms with Crippen LogP contribution in [-0.4, -0.2) is 68.5 Å². The Hall–Kier alpha value is -3.99. The minimum absolute atomic E-state index is 0.0272. The van der Waals surface area contributed by atoms with Gasteiger partial charge in [0.25, 0.3) is 5.91 Å². The van der Waals surface area contributed by atoms with E-state index in [-0.39, 0.29) is 36.3 Å². The number of nitrogens with two attached hydrogens (primary N) is 2. The molecule has 0 aromatic heterocycles. The molecule has 0 spiro atoms. The Kier molecular flexibility index (Phi) is 5.94. The number of phenolic OH excluding ortho intramolecular Hbond substituents is 1. The van der Waals surface area contributed by atoms with Crippen LogP contribution < -0.4 is 11.5 Å². The number of aliphatic hydroxyl groups is 3. The van der Waals surface area contributed by atoms with Crippen molar-refractivity contribution in [3.8, 4) is 16.9 Å². The minimum Gasteiger partial charge on any atom is -0.510 e. The number of rotatable bonds is 4. The molecule has 10 heteroatoms. The number of allylic oxidation sites excluding steroid dienone is 1. The van der Waals surface area contributed by atoms with Gasteiger partial charge in [0.1, 0.15) is 22.8 Å². The van der Waals surface area contributed by atoms with Crippen LogP contribution in [0.25, 0.3) is 11.1 Å². The van der Waals surface area contributed by atoms with Crippen LogP contribution in [0.1, 0.15) is 27.9 Å². The van der Waals surface area contributed by atoms with Crippen LogP contribution in [0.5, 0.6) is 5.75 Å². The molecular weight excluding hydrogens is 490 g/mol. The summed E-state index contributed by atoms with van der Waals surface area (Å²) in [5.41, 5.74) is 9.87. The Morgan fingerprint density at radius 3 is 2.37 bits per heavy atom. The molecule has 2 aromatic rings. The molecule has 3 aliphatic rings. The summed E-state index contributed by atoms with van der Waals surface area (Å²) in [5, 5.41) is 45.0. The summed E-state index contributed by atoms with van der Waals surface area (Å²) < 4.78 is 0. The van der Waals surface area contributed by atoms with Gasteiger partial charge in [0.2, 0.25) is 5.78 Å². The number of aliphatic hydroxyl groups excluding tert-OH is 2. The zero-order valence-electron chi connectivity index (χ0n) is 20.9. The summed E-state index contributed by atoms with van der Waals surface area (Å²) >= 11 is 0. The molecule has 0 bridgehead atoms. The quantitative estimate of drug-likeness (QED) is 0.323.